The summed E-state index contributed by atoms with van der Waals surface area (Å²) in [6, 6.07) is 11.1. The SMILES string of the molecule is Cc1cc2c(c(C(O)c3ccc(Cl)cc3)c1)NC(=O)CC2. The quantitative estimate of drug-likeness (QED) is 0.890. The lowest BCUT2D eigenvalue weighted by Gasteiger charge is -2.24. The number of aliphatic hydroxyl groups is 1. The lowest BCUT2D eigenvalue weighted by molar-refractivity contribution is -0.116. The molecule has 1 atom stereocenters. The molecule has 0 radical (unpaired) electrons. The van der Waals surface area contributed by atoms with Gasteiger partial charge in [0.15, 0.2) is 0 Å². The molecule has 1 heterocycles. The number of aliphatic hydroxyl groups excluding tert-OH is 1. The van der Waals surface area contributed by atoms with Crippen LogP contribution in [0.15, 0.2) is 36.4 Å². The van der Waals surface area contributed by atoms with E-state index in [4.69, 9.17) is 11.6 Å². The Morgan fingerprint density at radius 1 is 1.19 bits per heavy atom. The first-order valence-corrected chi connectivity index (χ1v) is 7.29. The van der Waals surface area contributed by atoms with Crippen molar-refractivity contribution in [3.63, 3.8) is 0 Å². The van der Waals surface area contributed by atoms with E-state index in [-0.39, 0.29) is 5.91 Å². The van der Waals surface area contributed by atoms with Crippen LogP contribution in [-0.4, -0.2) is 11.0 Å². The van der Waals surface area contributed by atoms with Gasteiger partial charge in [-0.15, -0.1) is 0 Å². The van der Waals surface area contributed by atoms with Gasteiger partial charge in [-0.05, 0) is 36.6 Å². The monoisotopic (exact) mass is 301 g/mol. The second-order valence-electron chi connectivity index (χ2n) is 5.39. The van der Waals surface area contributed by atoms with E-state index in [1.54, 1.807) is 24.3 Å². The highest BCUT2D eigenvalue weighted by molar-refractivity contribution is 6.30. The van der Waals surface area contributed by atoms with Crippen molar-refractivity contribution in [1.82, 2.24) is 0 Å². The third-order valence-electron chi connectivity index (χ3n) is 3.76. The molecular formula is C17H16ClNO2. The van der Waals surface area contributed by atoms with E-state index in [0.717, 1.165) is 27.9 Å². The van der Waals surface area contributed by atoms with Crippen molar-refractivity contribution >= 4 is 23.2 Å². The first kappa shape index (κ1) is 14.1. The molecule has 0 fully saturated rings. The van der Waals surface area contributed by atoms with Crippen molar-refractivity contribution < 1.29 is 9.90 Å². The number of carbonyl (C=O) groups excluding carboxylic acids is 1. The maximum absolute atomic E-state index is 11.7. The Labute approximate surface area is 128 Å². The molecule has 0 spiro atoms. The Morgan fingerprint density at radius 2 is 1.90 bits per heavy atom. The Bertz CT molecular complexity index is 695. The highest BCUT2D eigenvalue weighted by Gasteiger charge is 2.23. The minimum absolute atomic E-state index is 0.00379. The van der Waals surface area contributed by atoms with Gasteiger partial charge < -0.3 is 10.4 Å². The van der Waals surface area contributed by atoms with Gasteiger partial charge in [0.25, 0.3) is 0 Å². The maximum atomic E-state index is 11.7. The lowest BCUT2D eigenvalue weighted by atomic mass is 9.91. The van der Waals surface area contributed by atoms with E-state index in [0.29, 0.717) is 17.9 Å². The number of anilines is 1. The number of fused-ring (bicyclic) bond motifs is 1. The summed E-state index contributed by atoms with van der Waals surface area (Å²) in [6.07, 6.45) is 0.421. The summed E-state index contributed by atoms with van der Waals surface area (Å²) in [4.78, 5) is 11.7. The Hall–Kier alpha value is -1.84. The molecular weight excluding hydrogens is 286 g/mol. The van der Waals surface area contributed by atoms with Gasteiger partial charge in [0.1, 0.15) is 6.10 Å². The minimum Gasteiger partial charge on any atom is -0.384 e. The molecule has 108 valence electrons. The van der Waals surface area contributed by atoms with Gasteiger partial charge in [-0.1, -0.05) is 41.4 Å². The number of nitrogens with one attached hydrogen (secondary N) is 1. The highest BCUT2D eigenvalue weighted by Crippen LogP contribution is 2.35. The molecule has 2 aromatic rings. The van der Waals surface area contributed by atoms with Crippen LogP contribution in [0.5, 0.6) is 0 Å². The molecule has 0 aliphatic carbocycles. The predicted molar refractivity (Wildman–Crippen MR) is 83.6 cm³/mol. The molecule has 1 aliphatic heterocycles. The average molecular weight is 302 g/mol. The fourth-order valence-electron chi connectivity index (χ4n) is 2.73. The van der Waals surface area contributed by atoms with Crippen molar-refractivity contribution in [3.8, 4) is 0 Å². The van der Waals surface area contributed by atoms with Gasteiger partial charge in [-0.25, -0.2) is 0 Å². The maximum Gasteiger partial charge on any atom is 0.224 e. The second-order valence-corrected chi connectivity index (χ2v) is 5.83. The standard InChI is InChI=1S/C17H16ClNO2/c1-10-8-12-4-7-15(20)19-16(12)14(9-10)17(21)11-2-5-13(18)6-3-11/h2-3,5-6,8-9,17,21H,4,7H2,1H3,(H,19,20). The van der Waals surface area contributed by atoms with E-state index in [1.165, 1.54) is 0 Å². The summed E-state index contributed by atoms with van der Waals surface area (Å²) in [6.45, 7) is 1.99. The fourth-order valence-corrected chi connectivity index (χ4v) is 2.86. The smallest absolute Gasteiger partial charge is 0.224 e. The van der Waals surface area contributed by atoms with Crippen LogP contribution >= 0.6 is 11.6 Å². The average Bonchev–Trinajstić information content (AvgIpc) is 2.47. The van der Waals surface area contributed by atoms with Crippen molar-refractivity contribution in [2.75, 3.05) is 5.32 Å². The molecule has 0 saturated heterocycles. The summed E-state index contributed by atoms with van der Waals surface area (Å²) in [5.41, 5.74) is 4.40. The first-order chi connectivity index (χ1) is 10.0. The van der Waals surface area contributed by atoms with Crippen LogP contribution in [-0.2, 0) is 11.2 Å². The van der Waals surface area contributed by atoms with E-state index >= 15 is 0 Å². The van der Waals surface area contributed by atoms with Gasteiger partial charge in [0.2, 0.25) is 5.91 Å². The molecule has 2 N–H and O–H groups in total. The van der Waals surface area contributed by atoms with Gasteiger partial charge in [-0.3, -0.25) is 4.79 Å². The summed E-state index contributed by atoms with van der Waals surface area (Å²) in [5, 5.41) is 14.2. The van der Waals surface area contributed by atoms with Crippen molar-refractivity contribution in [1.29, 1.82) is 0 Å². The molecule has 3 nitrogen and oxygen atoms in total. The minimum atomic E-state index is -0.783. The molecule has 4 heteroatoms. The summed E-state index contributed by atoms with van der Waals surface area (Å²) < 4.78 is 0. The van der Waals surface area contributed by atoms with Gasteiger partial charge in [-0.2, -0.15) is 0 Å². The topological polar surface area (TPSA) is 49.3 Å². The van der Waals surface area contributed by atoms with E-state index < -0.39 is 6.10 Å². The van der Waals surface area contributed by atoms with Crippen LogP contribution in [0, 0.1) is 6.92 Å². The zero-order chi connectivity index (χ0) is 15.0. The zero-order valence-corrected chi connectivity index (χ0v) is 12.4. The Morgan fingerprint density at radius 3 is 2.62 bits per heavy atom. The molecule has 3 rings (SSSR count). The van der Waals surface area contributed by atoms with E-state index in [1.807, 2.05) is 13.0 Å². The van der Waals surface area contributed by atoms with Crippen molar-refractivity contribution in [3.05, 3.63) is 63.7 Å². The van der Waals surface area contributed by atoms with E-state index in [9.17, 15) is 9.90 Å². The number of benzene rings is 2. The number of amides is 1. The van der Waals surface area contributed by atoms with Crippen molar-refractivity contribution in [2.24, 2.45) is 0 Å². The van der Waals surface area contributed by atoms with E-state index in [2.05, 4.69) is 11.4 Å². The highest BCUT2D eigenvalue weighted by atomic mass is 35.5. The van der Waals surface area contributed by atoms with Crippen LogP contribution in [0.3, 0.4) is 0 Å². The summed E-state index contributed by atoms with van der Waals surface area (Å²) in [7, 11) is 0. The molecule has 0 aromatic heterocycles. The van der Waals surface area contributed by atoms with Crippen molar-refractivity contribution in [2.45, 2.75) is 25.9 Å². The van der Waals surface area contributed by atoms with Gasteiger partial charge >= 0.3 is 0 Å². The number of rotatable bonds is 2. The number of halogens is 1. The third kappa shape index (κ3) is 2.80. The molecule has 1 amide bonds. The first-order valence-electron chi connectivity index (χ1n) is 6.91. The molecule has 21 heavy (non-hydrogen) atoms. The predicted octanol–water partition coefficient (Wildman–Crippen LogP) is 3.61. The Kier molecular flexibility index (Phi) is 3.70. The van der Waals surface area contributed by atoms with Crippen LogP contribution in [0.2, 0.25) is 5.02 Å². The molecule has 1 unspecified atom stereocenters. The zero-order valence-electron chi connectivity index (χ0n) is 11.7. The van der Waals surface area contributed by atoms with Gasteiger partial charge in [0.05, 0.1) is 5.69 Å². The molecule has 0 bridgehead atoms. The molecule has 0 saturated carbocycles. The fraction of sp³-hybridized carbons (Fsp3) is 0.235. The largest absolute Gasteiger partial charge is 0.384 e. The number of carbonyl (C=O) groups is 1. The van der Waals surface area contributed by atoms with Crippen LogP contribution < -0.4 is 5.32 Å². The summed E-state index contributed by atoms with van der Waals surface area (Å²) in [5.74, 6) is -0.00379. The summed E-state index contributed by atoms with van der Waals surface area (Å²) >= 11 is 5.88. The van der Waals surface area contributed by atoms with Crippen LogP contribution in [0.4, 0.5) is 5.69 Å². The number of hydrogen-bond acceptors (Lipinski definition) is 2. The third-order valence-corrected chi connectivity index (χ3v) is 4.01. The second kappa shape index (κ2) is 5.51. The van der Waals surface area contributed by atoms with Crippen LogP contribution in [0.1, 0.15) is 34.8 Å². The number of hydrogen-bond donors (Lipinski definition) is 2. The molecule has 2 aromatic carbocycles. The van der Waals surface area contributed by atoms with Gasteiger partial charge in [0, 0.05) is 17.0 Å². The normalized spacial score (nSPS) is 15.3. The lowest BCUT2D eigenvalue weighted by Crippen LogP contribution is -2.21. The number of aryl methyl sites for hydroxylation is 2. The molecule has 1 aliphatic rings. The van der Waals surface area contributed by atoms with Crippen LogP contribution in [0.25, 0.3) is 0 Å². The Balaban J connectivity index is 2.07.